The SMILES string of the molecule is Cc1ccc(NC(=O)CSC2CCOCC2)c(N)c1. The Balaban J connectivity index is 1.80. The van der Waals surface area contributed by atoms with Crippen molar-refractivity contribution >= 4 is 29.0 Å². The van der Waals surface area contributed by atoms with Gasteiger partial charge in [-0.3, -0.25) is 4.79 Å². The average Bonchev–Trinajstić information content (AvgIpc) is 2.41. The molecule has 1 aromatic rings. The van der Waals surface area contributed by atoms with Crippen molar-refractivity contribution in [2.24, 2.45) is 0 Å². The van der Waals surface area contributed by atoms with Crippen LogP contribution in [0.2, 0.25) is 0 Å². The van der Waals surface area contributed by atoms with Crippen molar-refractivity contribution in [3.63, 3.8) is 0 Å². The fraction of sp³-hybridized carbons (Fsp3) is 0.500. The van der Waals surface area contributed by atoms with Crippen LogP contribution < -0.4 is 11.1 Å². The number of nitrogen functional groups attached to an aromatic ring is 1. The normalized spacial score (nSPS) is 16.3. The number of anilines is 2. The first kappa shape index (κ1) is 14.2. The third-order valence-corrected chi connectivity index (χ3v) is 4.47. The van der Waals surface area contributed by atoms with Crippen molar-refractivity contribution in [3.8, 4) is 0 Å². The molecule has 2 rings (SSSR count). The van der Waals surface area contributed by atoms with Crippen LogP contribution in [0, 0.1) is 6.92 Å². The molecule has 4 nitrogen and oxygen atoms in total. The molecule has 19 heavy (non-hydrogen) atoms. The molecule has 0 unspecified atom stereocenters. The van der Waals surface area contributed by atoms with E-state index in [-0.39, 0.29) is 5.91 Å². The van der Waals surface area contributed by atoms with E-state index in [9.17, 15) is 4.79 Å². The van der Waals surface area contributed by atoms with Gasteiger partial charge < -0.3 is 15.8 Å². The highest BCUT2D eigenvalue weighted by Gasteiger charge is 2.15. The van der Waals surface area contributed by atoms with Crippen molar-refractivity contribution in [3.05, 3.63) is 23.8 Å². The molecule has 5 heteroatoms. The van der Waals surface area contributed by atoms with Gasteiger partial charge in [-0.1, -0.05) is 6.07 Å². The fourth-order valence-electron chi connectivity index (χ4n) is 2.02. The summed E-state index contributed by atoms with van der Waals surface area (Å²) in [6.07, 6.45) is 2.06. The fourth-order valence-corrected chi connectivity index (χ4v) is 3.00. The Labute approximate surface area is 118 Å². The summed E-state index contributed by atoms with van der Waals surface area (Å²) in [5, 5.41) is 3.40. The van der Waals surface area contributed by atoms with Crippen LogP contribution in [0.25, 0.3) is 0 Å². The van der Waals surface area contributed by atoms with Crippen LogP contribution in [-0.2, 0) is 9.53 Å². The van der Waals surface area contributed by atoms with Crippen LogP contribution in [0.1, 0.15) is 18.4 Å². The van der Waals surface area contributed by atoms with Gasteiger partial charge in [-0.25, -0.2) is 0 Å². The van der Waals surface area contributed by atoms with Crippen LogP contribution in [0.5, 0.6) is 0 Å². The van der Waals surface area contributed by atoms with Gasteiger partial charge in [0.15, 0.2) is 0 Å². The molecule has 0 aromatic heterocycles. The number of hydrogen-bond acceptors (Lipinski definition) is 4. The molecule has 1 aromatic carbocycles. The predicted molar refractivity (Wildman–Crippen MR) is 80.5 cm³/mol. The van der Waals surface area contributed by atoms with Gasteiger partial charge in [0.1, 0.15) is 0 Å². The van der Waals surface area contributed by atoms with Gasteiger partial charge in [0.2, 0.25) is 5.91 Å². The maximum absolute atomic E-state index is 11.9. The molecule has 0 aliphatic carbocycles. The molecule has 0 radical (unpaired) electrons. The number of hydrogen-bond donors (Lipinski definition) is 2. The third-order valence-electron chi connectivity index (χ3n) is 3.10. The van der Waals surface area contributed by atoms with Crippen LogP contribution >= 0.6 is 11.8 Å². The average molecular weight is 280 g/mol. The minimum Gasteiger partial charge on any atom is -0.397 e. The molecule has 1 heterocycles. The highest BCUT2D eigenvalue weighted by atomic mass is 32.2. The number of thioether (sulfide) groups is 1. The maximum Gasteiger partial charge on any atom is 0.234 e. The second kappa shape index (κ2) is 6.82. The largest absolute Gasteiger partial charge is 0.397 e. The lowest BCUT2D eigenvalue weighted by atomic mass is 10.2. The zero-order chi connectivity index (χ0) is 13.7. The third kappa shape index (κ3) is 4.44. The Morgan fingerprint density at radius 3 is 2.89 bits per heavy atom. The molecular formula is C14H20N2O2S. The van der Waals surface area contributed by atoms with Crippen molar-refractivity contribution in [2.45, 2.75) is 25.0 Å². The molecule has 1 fully saturated rings. The van der Waals surface area contributed by atoms with Crippen molar-refractivity contribution in [1.29, 1.82) is 0 Å². The molecule has 1 aliphatic heterocycles. The van der Waals surface area contributed by atoms with E-state index in [1.165, 1.54) is 0 Å². The first-order valence-corrected chi connectivity index (χ1v) is 7.55. The smallest absolute Gasteiger partial charge is 0.234 e. The van der Waals surface area contributed by atoms with E-state index in [1.54, 1.807) is 11.8 Å². The molecule has 0 saturated carbocycles. The van der Waals surface area contributed by atoms with E-state index in [1.807, 2.05) is 25.1 Å². The topological polar surface area (TPSA) is 64.3 Å². The van der Waals surface area contributed by atoms with Crippen molar-refractivity contribution in [1.82, 2.24) is 0 Å². The molecular weight excluding hydrogens is 260 g/mol. The zero-order valence-corrected chi connectivity index (χ0v) is 12.0. The number of rotatable bonds is 4. The van der Waals surface area contributed by atoms with Crippen LogP contribution in [0.3, 0.4) is 0 Å². The minimum absolute atomic E-state index is 0.00652. The Bertz CT molecular complexity index is 445. The van der Waals surface area contributed by atoms with Crippen molar-refractivity contribution in [2.75, 3.05) is 30.0 Å². The van der Waals surface area contributed by atoms with E-state index in [0.717, 1.165) is 31.6 Å². The first-order chi connectivity index (χ1) is 9.15. The van der Waals surface area contributed by atoms with E-state index in [2.05, 4.69) is 5.32 Å². The summed E-state index contributed by atoms with van der Waals surface area (Å²) in [6.45, 7) is 3.59. The molecule has 1 aliphatic rings. The Morgan fingerprint density at radius 1 is 1.47 bits per heavy atom. The number of benzene rings is 1. The summed E-state index contributed by atoms with van der Waals surface area (Å²) in [6, 6.07) is 5.65. The highest BCUT2D eigenvalue weighted by Crippen LogP contribution is 2.23. The Kier molecular flexibility index (Phi) is 5.10. The van der Waals surface area contributed by atoms with Gasteiger partial charge in [0.25, 0.3) is 0 Å². The number of carbonyl (C=O) groups is 1. The minimum atomic E-state index is 0.00652. The number of aryl methyl sites for hydroxylation is 1. The second-order valence-corrected chi connectivity index (χ2v) is 6.05. The standard InChI is InChI=1S/C14H20N2O2S/c1-10-2-3-13(12(15)8-10)16-14(17)9-19-11-4-6-18-7-5-11/h2-3,8,11H,4-7,9,15H2,1H3,(H,16,17). The molecule has 104 valence electrons. The molecule has 0 atom stereocenters. The van der Waals surface area contributed by atoms with Gasteiger partial charge >= 0.3 is 0 Å². The lowest BCUT2D eigenvalue weighted by molar-refractivity contribution is -0.113. The molecule has 1 saturated heterocycles. The highest BCUT2D eigenvalue weighted by molar-refractivity contribution is 8.00. The first-order valence-electron chi connectivity index (χ1n) is 6.50. The van der Waals surface area contributed by atoms with Gasteiger partial charge in [-0.05, 0) is 37.5 Å². The van der Waals surface area contributed by atoms with Crippen molar-refractivity contribution < 1.29 is 9.53 Å². The zero-order valence-electron chi connectivity index (χ0n) is 11.1. The molecule has 0 bridgehead atoms. The lowest BCUT2D eigenvalue weighted by Gasteiger charge is -2.21. The van der Waals surface area contributed by atoms with Crippen LogP contribution in [-0.4, -0.2) is 30.1 Å². The summed E-state index contributed by atoms with van der Waals surface area (Å²) in [7, 11) is 0. The molecule has 0 spiro atoms. The van der Waals surface area contributed by atoms with Crippen LogP contribution in [0.15, 0.2) is 18.2 Å². The van der Waals surface area contributed by atoms with E-state index < -0.39 is 0 Å². The van der Waals surface area contributed by atoms with Crippen LogP contribution in [0.4, 0.5) is 11.4 Å². The number of ether oxygens (including phenoxy) is 1. The summed E-state index contributed by atoms with van der Waals surface area (Å²) >= 11 is 1.70. The number of nitrogens with two attached hydrogens (primary N) is 1. The van der Waals surface area contributed by atoms with Gasteiger partial charge in [0.05, 0.1) is 17.1 Å². The number of carbonyl (C=O) groups excluding carboxylic acids is 1. The number of nitrogens with one attached hydrogen (secondary N) is 1. The maximum atomic E-state index is 11.9. The molecule has 1 amide bonds. The second-order valence-electron chi connectivity index (χ2n) is 4.76. The monoisotopic (exact) mass is 280 g/mol. The van der Waals surface area contributed by atoms with E-state index >= 15 is 0 Å². The van der Waals surface area contributed by atoms with Gasteiger partial charge in [0, 0.05) is 18.5 Å². The van der Waals surface area contributed by atoms with Gasteiger partial charge in [-0.2, -0.15) is 0 Å². The van der Waals surface area contributed by atoms with E-state index in [4.69, 9.17) is 10.5 Å². The van der Waals surface area contributed by atoms with Gasteiger partial charge in [-0.15, -0.1) is 11.8 Å². The summed E-state index contributed by atoms with van der Waals surface area (Å²) in [5.74, 6) is 0.477. The summed E-state index contributed by atoms with van der Waals surface area (Å²) in [5.41, 5.74) is 8.27. The lowest BCUT2D eigenvalue weighted by Crippen LogP contribution is -2.21. The number of amides is 1. The summed E-state index contributed by atoms with van der Waals surface area (Å²) in [4.78, 5) is 11.9. The Morgan fingerprint density at radius 2 is 2.21 bits per heavy atom. The summed E-state index contributed by atoms with van der Waals surface area (Å²) < 4.78 is 5.30. The quantitative estimate of drug-likeness (QED) is 0.831. The predicted octanol–water partition coefficient (Wildman–Crippen LogP) is 2.43. The van der Waals surface area contributed by atoms with E-state index in [0.29, 0.717) is 22.4 Å². The molecule has 3 N–H and O–H groups in total. The Hall–Kier alpha value is -1.20.